The standard InChI is InChI=1S/C10H13IN2O4/c1-10(16)4-8(17-6(10)5-11)13-3-2-7(14)12-9(13)15/h2-3,6,8,16H,4-5H2,1H3,(H,12,14,15)/t6-,8-,10+/m1/s1. The van der Waals surface area contributed by atoms with E-state index in [4.69, 9.17) is 4.74 Å². The SMILES string of the molecule is C[C@]1(O)C[C@H](n2ccc(=O)[nH]c2=O)O[C@@H]1CI. The predicted molar refractivity (Wildman–Crippen MR) is 69.4 cm³/mol. The van der Waals surface area contributed by atoms with Gasteiger partial charge >= 0.3 is 5.69 Å². The van der Waals surface area contributed by atoms with Gasteiger partial charge in [0.05, 0.1) is 11.7 Å². The smallest absolute Gasteiger partial charge is 0.330 e. The molecule has 0 aromatic carbocycles. The first-order valence-electron chi connectivity index (χ1n) is 5.19. The molecule has 3 atom stereocenters. The number of nitrogens with zero attached hydrogens (tertiary/aromatic N) is 1. The summed E-state index contributed by atoms with van der Waals surface area (Å²) in [5.74, 6) is 0. The van der Waals surface area contributed by atoms with Crippen LogP contribution in [0.5, 0.6) is 0 Å². The number of aromatic nitrogens is 2. The van der Waals surface area contributed by atoms with Crippen molar-refractivity contribution in [1.29, 1.82) is 0 Å². The van der Waals surface area contributed by atoms with Gasteiger partial charge in [-0.2, -0.15) is 0 Å². The van der Waals surface area contributed by atoms with Crippen LogP contribution in [0.4, 0.5) is 0 Å². The van der Waals surface area contributed by atoms with Gasteiger partial charge in [0.1, 0.15) is 6.23 Å². The van der Waals surface area contributed by atoms with E-state index in [0.29, 0.717) is 10.8 Å². The van der Waals surface area contributed by atoms with Crippen LogP contribution < -0.4 is 11.2 Å². The number of alkyl halides is 1. The van der Waals surface area contributed by atoms with Crippen molar-refractivity contribution in [3.63, 3.8) is 0 Å². The predicted octanol–water partition coefficient (Wildman–Crippen LogP) is 0.0101. The summed E-state index contributed by atoms with van der Waals surface area (Å²) in [5.41, 5.74) is -1.92. The maximum atomic E-state index is 11.6. The summed E-state index contributed by atoms with van der Waals surface area (Å²) in [4.78, 5) is 24.7. The highest BCUT2D eigenvalue weighted by atomic mass is 127. The molecule has 2 rings (SSSR count). The van der Waals surface area contributed by atoms with Crippen molar-refractivity contribution in [3.05, 3.63) is 33.1 Å². The second-order valence-corrected chi connectivity index (χ2v) is 5.19. The van der Waals surface area contributed by atoms with E-state index in [1.54, 1.807) is 6.92 Å². The van der Waals surface area contributed by atoms with Crippen LogP contribution in [0.15, 0.2) is 21.9 Å². The van der Waals surface area contributed by atoms with Crippen LogP contribution in [0.25, 0.3) is 0 Å². The third-order valence-corrected chi connectivity index (χ3v) is 3.70. The summed E-state index contributed by atoms with van der Waals surface area (Å²) in [6.07, 6.45) is 0.866. The summed E-state index contributed by atoms with van der Waals surface area (Å²) >= 11 is 2.13. The number of aromatic amines is 1. The van der Waals surface area contributed by atoms with Gasteiger partial charge in [-0.3, -0.25) is 14.3 Å². The van der Waals surface area contributed by atoms with Crippen LogP contribution in [0, 0.1) is 0 Å². The summed E-state index contributed by atoms with van der Waals surface area (Å²) in [6.45, 7) is 1.69. The fraction of sp³-hybridized carbons (Fsp3) is 0.600. The summed E-state index contributed by atoms with van der Waals surface area (Å²) in [5, 5.41) is 10.1. The highest BCUT2D eigenvalue weighted by Crippen LogP contribution is 2.36. The lowest BCUT2D eigenvalue weighted by molar-refractivity contribution is -0.0365. The average molecular weight is 352 g/mol. The van der Waals surface area contributed by atoms with E-state index < -0.39 is 23.1 Å². The maximum Gasteiger partial charge on any atom is 0.330 e. The van der Waals surface area contributed by atoms with E-state index in [-0.39, 0.29) is 6.10 Å². The average Bonchev–Trinajstić information content (AvgIpc) is 2.53. The van der Waals surface area contributed by atoms with E-state index in [1.807, 2.05) is 0 Å². The second-order valence-electron chi connectivity index (χ2n) is 4.31. The second kappa shape index (κ2) is 4.54. The molecule has 0 radical (unpaired) electrons. The normalized spacial score (nSPS) is 32.9. The number of aliphatic hydroxyl groups is 1. The molecule has 7 heteroatoms. The first-order chi connectivity index (χ1) is 7.94. The lowest BCUT2D eigenvalue weighted by atomic mass is 9.99. The number of rotatable bonds is 2. The molecule has 2 N–H and O–H groups in total. The van der Waals surface area contributed by atoms with E-state index in [2.05, 4.69) is 27.6 Å². The monoisotopic (exact) mass is 352 g/mol. The topological polar surface area (TPSA) is 84.3 Å². The van der Waals surface area contributed by atoms with Gasteiger partial charge in [0.2, 0.25) is 0 Å². The third-order valence-electron chi connectivity index (χ3n) is 2.90. The molecule has 1 aliphatic heterocycles. The molecule has 0 saturated carbocycles. The van der Waals surface area contributed by atoms with Crippen molar-refractivity contribution in [2.75, 3.05) is 4.43 Å². The van der Waals surface area contributed by atoms with Crippen molar-refractivity contribution in [2.45, 2.75) is 31.3 Å². The number of ether oxygens (including phenoxy) is 1. The molecule has 0 unspecified atom stereocenters. The Kier molecular flexibility index (Phi) is 3.41. The van der Waals surface area contributed by atoms with Crippen molar-refractivity contribution in [2.24, 2.45) is 0 Å². The largest absolute Gasteiger partial charge is 0.387 e. The maximum absolute atomic E-state index is 11.6. The van der Waals surface area contributed by atoms with Gasteiger partial charge in [0.25, 0.3) is 5.56 Å². The molecule has 1 aromatic heterocycles. The molecule has 0 bridgehead atoms. The fourth-order valence-electron chi connectivity index (χ4n) is 1.89. The lowest BCUT2D eigenvalue weighted by Crippen LogP contribution is -2.35. The number of nitrogens with one attached hydrogen (secondary N) is 1. The van der Waals surface area contributed by atoms with Gasteiger partial charge in [0, 0.05) is 23.1 Å². The van der Waals surface area contributed by atoms with Gasteiger partial charge in [-0.25, -0.2) is 4.79 Å². The summed E-state index contributed by atoms with van der Waals surface area (Å²) in [6, 6.07) is 1.26. The zero-order chi connectivity index (χ0) is 12.6. The molecule has 1 aromatic rings. The van der Waals surface area contributed by atoms with Gasteiger partial charge in [-0.1, -0.05) is 22.6 Å². The zero-order valence-corrected chi connectivity index (χ0v) is 11.4. The molecule has 1 aliphatic rings. The quantitative estimate of drug-likeness (QED) is 0.580. The Balaban J connectivity index is 2.32. The minimum absolute atomic E-state index is 0.313. The molecule has 1 fully saturated rings. The van der Waals surface area contributed by atoms with Gasteiger partial charge in [-0.15, -0.1) is 0 Å². The summed E-state index contributed by atoms with van der Waals surface area (Å²) < 4.78 is 7.55. The first-order valence-corrected chi connectivity index (χ1v) is 6.72. The third kappa shape index (κ3) is 2.45. The van der Waals surface area contributed by atoms with Crippen LogP contribution in [0.1, 0.15) is 19.6 Å². The number of H-pyrrole nitrogens is 1. The Morgan fingerprint density at radius 3 is 2.94 bits per heavy atom. The zero-order valence-electron chi connectivity index (χ0n) is 9.22. The molecule has 2 heterocycles. The van der Waals surface area contributed by atoms with Crippen LogP contribution in [-0.4, -0.2) is 30.8 Å². The number of hydrogen-bond acceptors (Lipinski definition) is 4. The van der Waals surface area contributed by atoms with Crippen molar-refractivity contribution < 1.29 is 9.84 Å². The minimum atomic E-state index is -0.957. The van der Waals surface area contributed by atoms with Gasteiger partial charge < -0.3 is 9.84 Å². The van der Waals surface area contributed by atoms with Crippen molar-refractivity contribution in [1.82, 2.24) is 9.55 Å². The highest BCUT2D eigenvalue weighted by Gasteiger charge is 2.44. The van der Waals surface area contributed by atoms with E-state index in [0.717, 1.165) is 0 Å². The van der Waals surface area contributed by atoms with E-state index >= 15 is 0 Å². The number of hydrogen-bond donors (Lipinski definition) is 2. The Morgan fingerprint density at radius 1 is 1.71 bits per heavy atom. The van der Waals surface area contributed by atoms with E-state index in [9.17, 15) is 14.7 Å². The first kappa shape index (κ1) is 12.8. The highest BCUT2D eigenvalue weighted by molar-refractivity contribution is 14.1. The van der Waals surface area contributed by atoms with Crippen molar-refractivity contribution >= 4 is 22.6 Å². The van der Waals surface area contributed by atoms with E-state index in [1.165, 1.54) is 16.8 Å². The minimum Gasteiger partial charge on any atom is -0.387 e. The molecular formula is C10H13IN2O4. The Morgan fingerprint density at radius 2 is 2.41 bits per heavy atom. The molecule has 17 heavy (non-hydrogen) atoms. The van der Waals surface area contributed by atoms with Crippen LogP contribution >= 0.6 is 22.6 Å². The molecule has 94 valence electrons. The van der Waals surface area contributed by atoms with Crippen LogP contribution in [0.3, 0.4) is 0 Å². The van der Waals surface area contributed by atoms with Gasteiger partial charge in [0.15, 0.2) is 0 Å². The molecular weight excluding hydrogens is 339 g/mol. The Hall–Kier alpha value is -0.670. The summed E-state index contributed by atoms with van der Waals surface area (Å²) in [7, 11) is 0. The number of halogens is 1. The molecule has 0 aliphatic carbocycles. The van der Waals surface area contributed by atoms with Crippen molar-refractivity contribution in [3.8, 4) is 0 Å². The Bertz CT molecular complexity index is 522. The molecule has 0 amide bonds. The molecule has 6 nitrogen and oxygen atoms in total. The van der Waals surface area contributed by atoms with Crippen LogP contribution in [-0.2, 0) is 4.74 Å². The Labute approximate surface area is 111 Å². The molecule has 1 saturated heterocycles. The lowest BCUT2D eigenvalue weighted by Gasteiger charge is -2.20. The molecule has 0 spiro atoms. The van der Waals surface area contributed by atoms with Crippen LogP contribution in [0.2, 0.25) is 0 Å². The van der Waals surface area contributed by atoms with Gasteiger partial charge in [-0.05, 0) is 6.92 Å². The fourth-order valence-corrected chi connectivity index (χ4v) is 3.05.